The summed E-state index contributed by atoms with van der Waals surface area (Å²) in [7, 11) is -0.0492. The first-order valence-corrected chi connectivity index (χ1v) is 14.9. The number of hydrogen-bond acceptors (Lipinski definition) is 4. The summed E-state index contributed by atoms with van der Waals surface area (Å²) in [6.07, 6.45) is 1.77. The van der Waals surface area contributed by atoms with E-state index in [0.717, 1.165) is 43.5 Å². The Labute approximate surface area is 203 Å². The summed E-state index contributed by atoms with van der Waals surface area (Å²) in [5.74, 6) is 0. The molecular formula is C24H32BrN5O2Si. The first-order chi connectivity index (χ1) is 15.3. The van der Waals surface area contributed by atoms with Gasteiger partial charge in [0.05, 0.1) is 53.0 Å². The number of aromatic nitrogens is 5. The number of hydrogen-bond donors (Lipinski definition) is 0. The van der Waals surface area contributed by atoms with Crippen LogP contribution in [0.2, 0.25) is 18.1 Å². The number of nitrogens with zero attached hydrogens (tertiary/aromatic N) is 5. The van der Waals surface area contributed by atoms with Crippen molar-refractivity contribution in [2.75, 3.05) is 6.61 Å². The SMILES string of the molecule is Cc1nn(CCO[Si](C)(C)C(C)(C)C)c(C)c1-n1c(=O)n(C)c2cnc3ccc(Br)cc3c21. The molecule has 0 aliphatic rings. The molecular weight excluding hydrogens is 498 g/mol. The summed E-state index contributed by atoms with van der Waals surface area (Å²) in [5.41, 5.74) is 4.95. The Hall–Kier alpha value is -2.23. The van der Waals surface area contributed by atoms with Gasteiger partial charge in [0.25, 0.3) is 0 Å². The molecule has 4 aromatic rings. The van der Waals surface area contributed by atoms with Crippen LogP contribution >= 0.6 is 15.9 Å². The van der Waals surface area contributed by atoms with Crippen LogP contribution < -0.4 is 5.69 Å². The Kier molecular flexibility index (Phi) is 5.95. The highest BCUT2D eigenvalue weighted by molar-refractivity contribution is 9.10. The van der Waals surface area contributed by atoms with E-state index in [0.29, 0.717) is 13.2 Å². The van der Waals surface area contributed by atoms with Gasteiger partial charge in [0.2, 0.25) is 0 Å². The van der Waals surface area contributed by atoms with Crippen molar-refractivity contribution in [2.45, 2.75) is 59.3 Å². The maximum absolute atomic E-state index is 13.4. The Morgan fingerprint density at radius 2 is 1.88 bits per heavy atom. The van der Waals surface area contributed by atoms with Crippen LogP contribution in [-0.2, 0) is 18.0 Å². The fourth-order valence-corrected chi connectivity index (χ4v) is 5.41. The summed E-state index contributed by atoms with van der Waals surface area (Å²) in [5, 5.41) is 5.86. The van der Waals surface area contributed by atoms with Crippen molar-refractivity contribution in [2.24, 2.45) is 7.05 Å². The third-order valence-corrected chi connectivity index (χ3v) is 12.0. The summed E-state index contributed by atoms with van der Waals surface area (Å²) < 4.78 is 12.7. The van der Waals surface area contributed by atoms with Crippen LogP contribution in [0.5, 0.6) is 0 Å². The zero-order valence-corrected chi connectivity index (χ0v) is 23.2. The van der Waals surface area contributed by atoms with Crippen LogP contribution in [0.15, 0.2) is 33.7 Å². The van der Waals surface area contributed by atoms with Crippen molar-refractivity contribution >= 4 is 46.2 Å². The van der Waals surface area contributed by atoms with E-state index >= 15 is 0 Å². The van der Waals surface area contributed by atoms with Gasteiger partial charge in [-0.25, -0.2) is 4.79 Å². The van der Waals surface area contributed by atoms with Crippen molar-refractivity contribution in [1.29, 1.82) is 0 Å². The Bertz CT molecular complexity index is 1430. The topological polar surface area (TPSA) is 66.9 Å². The van der Waals surface area contributed by atoms with Crippen molar-refractivity contribution in [1.82, 2.24) is 23.9 Å². The summed E-state index contributed by atoms with van der Waals surface area (Å²) in [6.45, 7) is 16.5. The van der Waals surface area contributed by atoms with Crippen LogP contribution in [0.4, 0.5) is 0 Å². The fraction of sp³-hybridized carbons (Fsp3) is 0.458. The number of benzene rings is 1. The Morgan fingerprint density at radius 3 is 2.55 bits per heavy atom. The molecule has 3 aromatic heterocycles. The van der Waals surface area contributed by atoms with E-state index < -0.39 is 8.32 Å². The van der Waals surface area contributed by atoms with E-state index in [4.69, 9.17) is 9.52 Å². The van der Waals surface area contributed by atoms with Gasteiger partial charge in [0.1, 0.15) is 0 Å². The molecule has 0 spiro atoms. The molecule has 0 N–H and O–H groups in total. The minimum absolute atomic E-state index is 0.109. The molecule has 7 nitrogen and oxygen atoms in total. The third-order valence-electron chi connectivity index (χ3n) is 6.98. The molecule has 4 rings (SSSR count). The number of pyridine rings is 1. The number of imidazole rings is 1. The number of aryl methyl sites for hydroxylation is 2. The van der Waals surface area contributed by atoms with E-state index in [-0.39, 0.29) is 10.7 Å². The third kappa shape index (κ3) is 4.00. The van der Waals surface area contributed by atoms with Gasteiger partial charge in [-0.1, -0.05) is 36.7 Å². The zero-order chi connectivity index (χ0) is 24.3. The lowest BCUT2D eigenvalue weighted by atomic mass is 10.2. The molecule has 0 fully saturated rings. The minimum atomic E-state index is -1.84. The smallest absolute Gasteiger partial charge is 0.333 e. The predicted molar refractivity (Wildman–Crippen MR) is 140 cm³/mol. The second kappa shape index (κ2) is 8.21. The van der Waals surface area contributed by atoms with E-state index in [1.54, 1.807) is 22.4 Å². The van der Waals surface area contributed by atoms with Crippen LogP contribution in [0.3, 0.4) is 0 Å². The van der Waals surface area contributed by atoms with Gasteiger partial charge in [0, 0.05) is 16.9 Å². The average molecular weight is 531 g/mol. The average Bonchev–Trinajstić information content (AvgIpc) is 3.13. The first-order valence-electron chi connectivity index (χ1n) is 11.2. The normalized spacial score (nSPS) is 12.9. The van der Waals surface area contributed by atoms with Gasteiger partial charge in [-0.3, -0.25) is 18.8 Å². The van der Waals surface area contributed by atoms with Gasteiger partial charge in [-0.05, 0) is 50.2 Å². The monoisotopic (exact) mass is 529 g/mol. The second-order valence-electron chi connectivity index (χ2n) is 10.2. The number of halogens is 1. The van der Waals surface area contributed by atoms with Gasteiger partial charge in [-0.2, -0.15) is 5.10 Å². The van der Waals surface area contributed by atoms with Crippen LogP contribution in [-0.4, -0.2) is 38.8 Å². The molecule has 0 unspecified atom stereocenters. The second-order valence-corrected chi connectivity index (χ2v) is 15.9. The minimum Gasteiger partial charge on any atom is -0.415 e. The molecule has 33 heavy (non-hydrogen) atoms. The van der Waals surface area contributed by atoms with Crippen LogP contribution in [0, 0.1) is 13.8 Å². The molecule has 3 heterocycles. The molecule has 0 atom stereocenters. The van der Waals surface area contributed by atoms with Gasteiger partial charge in [0.15, 0.2) is 8.32 Å². The van der Waals surface area contributed by atoms with Crippen molar-refractivity contribution in [3.8, 4) is 5.69 Å². The number of rotatable bonds is 5. The lowest BCUT2D eigenvalue weighted by molar-refractivity contribution is 0.264. The Morgan fingerprint density at radius 1 is 1.18 bits per heavy atom. The summed E-state index contributed by atoms with van der Waals surface area (Å²) in [6, 6.07) is 5.94. The van der Waals surface area contributed by atoms with E-state index in [9.17, 15) is 4.79 Å². The quantitative estimate of drug-likeness (QED) is 0.321. The highest BCUT2D eigenvalue weighted by Crippen LogP contribution is 2.36. The van der Waals surface area contributed by atoms with Gasteiger partial charge >= 0.3 is 5.69 Å². The molecule has 9 heteroatoms. The largest absolute Gasteiger partial charge is 0.415 e. The van der Waals surface area contributed by atoms with Crippen LogP contribution in [0.1, 0.15) is 32.2 Å². The molecule has 176 valence electrons. The molecule has 0 radical (unpaired) electrons. The lowest BCUT2D eigenvalue weighted by Crippen LogP contribution is -2.41. The van der Waals surface area contributed by atoms with Crippen molar-refractivity contribution in [3.05, 3.63) is 50.7 Å². The standard InChI is InChI=1S/C24H32BrN5O2Si/c1-15-21(16(2)29(27-15)11-12-32-33(7,8)24(3,4)5)30-22-18-13-17(25)9-10-19(18)26-14-20(22)28(6)23(30)31/h9-10,13-14H,11-12H2,1-8H3. The van der Waals surface area contributed by atoms with Crippen LogP contribution in [0.25, 0.3) is 27.6 Å². The highest BCUT2D eigenvalue weighted by atomic mass is 79.9. The lowest BCUT2D eigenvalue weighted by Gasteiger charge is -2.36. The van der Waals surface area contributed by atoms with E-state index in [1.165, 1.54) is 0 Å². The zero-order valence-electron chi connectivity index (χ0n) is 20.7. The van der Waals surface area contributed by atoms with E-state index in [1.807, 2.05) is 36.7 Å². The molecule has 0 aliphatic heterocycles. The molecule has 0 saturated heterocycles. The Balaban J connectivity index is 1.82. The highest BCUT2D eigenvalue weighted by Gasteiger charge is 2.37. The molecule has 0 bridgehead atoms. The summed E-state index contributed by atoms with van der Waals surface area (Å²) >= 11 is 3.57. The van der Waals surface area contributed by atoms with E-state index in [2.05, 4.69) is 54.8 Å². The molecule has 1 aromatic carbocycles. The maximum Gasteiger partial charge on any atom is 0.333 e. The number of fused-ring (bicyclic) bond motifs is 3. The molecule has 0 saturated carbocycles. The van der Waals surface area contributed by atoms with Crippen molar-refractivity contribution in [3.63, 3.8) is 0 Å². The van der Waals surface area contributed by atoms with Gasteiger partial charge in [-0.15, -0.1) is 0 Å². The first kappa shape index (κ1) is 23.9. The van der Waals surface area contributed by atoms with Crippen molar-refractivity contribution < 1.29 is 4.43 Å². The fourth-order valence-electron chi connectivity index (χ4n) is 4.01. The molecule has 0 amide bonds. The predicted octanol–water partition coefficient (Wildman–Crippen LogP) is 5.48. The molecule has 0 aliphatic carbocycles. The van der Waals surface area contributed by atoms with Gasteiger partial charge < -0.3 is 4.43 Å². The maximum atomic E-state index is 13.4. The summed E-state index contributed by atoms with van der Waals surface area (Å²) in [4.78, 5) is 18.0.